The molecule has 1 heterocycles. The van der Waals surface area contributed by atoms with E-state index < -0.39 is 5.60 Å². The summed E-state index contributed by atoms with van der Waals surface area (Å²) in [6.45, 7) is 6.57. The van der Waals surface area contributed by atoms with Crippen molar-refractivity contribution in [1.29, 1.82) is 0 Å². The highest BCUT2D eigenvalue weighted by atomic mass is 79.9. The van der Waals surface area contributed by atoms with E-state index in [2.05, 4.69) is 36.7 Å². The topological polar surface area (TPSA) is 27.7 Å². The fourth-order valence-electron chi connectivity index (χ4n) is 3.63. The Hall–Kier alpha value is -0.680. The zero-order valence-corrected chi connectivity index (χ0v) is 15.1. The third-order valence-electron chi connectivity index (χ3n) is 5.08. The van der Waals surface area contributed by atoms with Crippen molar-refractivity contribution in [2.45, 2.75) is 51.8 Å². The molecule has 3 nitrogen and oxygen atoms in total. The second kappa shape index (κ2) is 5.75. The summed E-state index contributed by atoms with van der Waals surface area (Å²) in [4.78, 5) is 0. The van der Waals surface area contributed by atoms with Crippen molar-refractivity contribution in [2.24, 2.45) is 5.41 Å². The summed E-state index contributed by atoms with van der Waals surface area (Å²) in [6, 6.07) is 10.1. The Balaban J connectivity index is 1.99. The first-order valence-corrected chi connectivity index (χ1v) is 8.48. The first kappa shape index (κ1) is 16.2. The molecule has 3 atom stereocenters. The SMILES string of the molecule is COC1OC(c2ccccc2)O[C@]12CCC(C)=C(Br)C2(C)C. The number of benzene rings is 1. The average Bonchev–Trinajstić information content (AvgIpc) is 2.91. The molecule has 0 aromatic heterocycles. The summed E-state index contributed by atoms with van der Waals surface area (Å²) >= 11 is 3.78. The van der Waals surface area contributed by atoms with Crippen LogP contribution >= 0.6 is 15.9 Å². The van der Waals surface area contributed by atoms with Crippen LogP contribution in [0, 0.1) is 5.41 Å². The van der Waals surface area contributed by atoms with E-state index >= 15 is 0 Å². The Labute approximate surface area is 140 Å². The van der Waals surface area contributed by atoms with Gasteiger partial charge in [0, 0.05) is 22.6 Å². The quantitative estimate of drug-likeness (QED) is 0.742. The molecule has 1 aliphatic heterocycles. The number of methoxy groups -OCH3 is 1. The van der Waals surface area contributed by atoms with Crippen LogP contribution in [-0.4, -0.2) is 19.0 Å². The molecule has 0 saturated carbocycles. The summed E-state index contributed by atoms with van der Waals surface area (Å²) in [5.74, 6) is 0. The van der Waals surface area contributed by atoms with E-state index in [4.69, 9.17) is 14.2 Å². The molecule has 2 aliphatic rings. The smallest absolute Gasteiger partial charge is 0.190 e. The van der Waals surface area contributed by atoms with Crippen molar-refractivity contribution in [3.8, 4) is 0 Å². The van der Waals surface area contributed by atoms with Crippen LogP contribution in [-0.2, 0) is 14.2 Å². The van der Waals surface area contributed by atoms with Gasteiger partial charge in [0.2, 0.25) is 0 Å². The highest BCUT2D eigenvalue weighted by Crippen LogP contribution is 2.58. The lowest BCUT2D eigenvalue weighted by molar-refractivity contribution is -0.167. The van der Waals surface area contributed by atoms with Gasteiger partial charge >= 0.3 is 0 Å². The van der Waals surface area contributed by atoms with Crippen molar-refractivity contribution in [3.05, 3.63) is 46.0 Å². The molecular weight excluding hydrogens is 344 g/mol. The van der Waals surface area contributed by atoms with Crippen LogP contribution in [0.4, 0.5) is 0 Å². The van der Waals surface area contributed by atoms with Crippen LogP contribution in [0.5, 0.6) is 0 Å². The van der Waals surface area contributed by atoms with E-state index in [1.807, 2.05) is 30.3 Å². The molecule has 1 saturated heterocycles. The van der Waals surface area contributed by atoms with E-state index in [1.165, 1.54) is 10.1 Å². The number of ether oxygens (including phenoxy) is 3. The lowest BCUT2D eigenvalue weighted by Gasteiger charge is -2.48. The van der Waals surface area contributed by atoms with Gasteiger partial charge in [0.15, 0.2) is 12.6 Å². The third kappa shape index (κ3) is 2.28. The normalized spacial score (nSPS) is 34.4. The van der Waals surface area contributed by atoms with Crippen LogP contribution < -0.4 is 0 Å². The largest absolute Gasteiger partial charge is 0.353 e. The zero-order valence-electron chi connectivity index (χ0n) is 13.6. The van der Waals surface area contributed by atoms with Crippen LogP contribution in [0.25, 0.3) is 0 Å². The second-order valence-corrected chi connectivity index (χ2v) is 7.47. The lowest BCUT2D eigenvalue weighted by Crippen LogP contribution is -2.55. The molecule has 1 spiro atoms. The van der Waals surface area contributed by atoms with Crippen molar-refractivity contribution < 1.29 is 14.2 Å². The lowest BCUT2D eigenvalue weighted by atomic mass is 9.67. The van der Waals surface area contributed by atoms with Gasteiger partial charge in [-0.15, -0.1) is 0 Å². The maximum atomic E-state index is 6.50. The monoisotopic (exact) mass is 366 g/mol. The molecular formula is C18H23BrO3. The Bertz CT molecular complexity index is 581. The Morgan fingerprint density at radius 1 is 1.23 bits per heavy atom. The minimum absolute atomic E-state index is 0.209. The third-order valence-corrected chi connectivity index (χ3v) is 6.75. The molecule has 1 aromatic carbocycles. The van der Waals surface area contributed by atoms with E-state index in [-0.39, 0.29) is 18.0 Å². The van der Waals surface area contributed by atoms with Gasteiger partial charge in [0.1, 0.15) is 5.60 Å². The van der Waals surface area contributed by atoms with Crippen LogP contribution in [0.2, 0.25) is 0 Å². The van der Waals surface area contributed by atoms with Crippen LogP contribution in [0.3, 0.4) is 0 Å². The fourth-order valence-corrected chi connectivity index (χ4v) is 4.17. The summed E-state index contributed by atoms with van der Waals surface area (Å²) < 4.78 is 19.5. The van der Waals surface area contributed by atoms with E-state index in [0.717, 1.165) is 18.4 Å². The molecule has 3 rings (SSSR count). The van der Waals surface area contributed by atoms with Gasteiger partial charge in [0.25, 0.3) is 0 Å². The van der Waals surface area contributed by atoms with Crippen molar-refractivity contribution in [2.75, 3.05) is 7.11 Å². The van der Waals surface area contributed by atoms with Crippen LogP contribution in [0.1, 0.15) is 45.5 Å². The zero-order chi connectivity index (χ0) is 16.0. The van der Waals surface area contributed by atoms with Crippen molar-refractivity contribution in [3.63, 3.8) is 0 Å². The average molecular weight is 367 g/mol. The maximum absolute atomic E-state index is 6.50. The predicted octanol–water partition coefficient (Wildman–Crippen LogP) is 4.93. The number of hydrogen-bond donors (Lipinski definition) is 0. The number of halogens is 1. The first-order valence-electron chi connectivity index (χ1n) is 7.69. The van der Waals surface area contributed by atoms with Gasteiger partial charge in [-0.25, -0.2) is 0 Å². The Kier molecular flexibility index (Phi) is 4.23. The van der Waals surface area contributed by atoms with Gasteiger partial charge in [0.05, 0.1) is 0 Å². The summed E-state index contributed by atoms with van der Waals surface area (Å²) in [5.41, 5.74) is 1.71. The van der Waals surface area contributed by atoms with E-state index in [0.29, 0.717) is 0 Å². The van der Waals surface area contributed by atoms with Gasteiger partial charge in [-0.3, -0.25) is 0 Å². The van der Waals surface area contributed by atoms with E-state index in [9.17, 15) is 0 Å². The highest BCUT2D eigenvalue weighted by Gasteiger charge is 2.61. The fraction of sp³-hybridized carbons (Fsp3) is 0.556. The maximum Gasteiger partial charge on any atom is 0.190 e. The number of hydrogen-bond acceptors (Lipinski definition) is 3. The molecule has 0 amide bonds. The van der Waals surface area contributed by atoms with E-state index in [1.54, 1.807) is 7.11 Å². The number of allylic oxidation sites excluding steroid dienone is 1. The molecule has 1 aromatic rings. The van der Waals surface area contributed by atoms with Crippen molar-refractivity contribution >= 4 is 15.9 Å². The summed E-state index contributed by atoms with van der Waals surface area (Å²) in [7, 11) is 1.69. The second-order valence-electron chi connectivity index (χ2n) is 6.67. The standard InChI is InChI=1S/C18H23BrO3/c1-12-10-11-18(17(2,3)14(12)19)16(20-4)21-15(22-18)13-8-6-5-7-9-13/h5-9,15-16H,10-11H2,1-4H3/t15?,16?,18-/m1/s1. The number of rotatable bonds is 2. The van der Waals surface area contributed by atoms with Gasteiger partial charge < -0.3 is 14.2 Å². The molecule has 0 radical (unpaired) electrons. The Morgan fingerprint density at radius 2 is 1.91 bits per heavy atom. The predicted molar refractivity (Wildman–Crippen MR) is 89.5 cm³/mol. The first-order chi connectivity index (χ1) is 10.4. The molecule has 0 bridgehead atoms. The van der Waals surface area contributed by atoms with Gasteiger partial charge in [-0.1, -0.05) is 65.7 Å². The molecule has 2 unspecified atom stereocenters. The molecule has 22 heavy (non-hydrogen) atoms. The highest BCUT2D eigenvalue weighted by molar-refractivity contribution is 9.11. The minimum Gasteiger partial charge on any atom is -0.353 e. The Morgan fingerprint density at radius 3 is 2.55 bits per heavy atom. The molecule has 1 fully saturated rings. The van der Waals surface area contributed by atoms with Gasteiger partial charge in [-0.05, 0) is 19.8 Å². The molecule has 120 valence electrons. The minimum atomic E-state index is -0.486. The summed E-state index contributed by atoms with van der Waals surface area (Å²) in [6.07, 6.45) is 1.11. The van der Waals surface area contributed by atoms with Crippen LogP contribution in [0.15, 0.2) is 40.4 Å². The van der Waals surface area contributed by atoms with Gasteiger partial charge in [-0.2, -0.15) is 0 Å². The molecule has 1 aliphatic carbocycles. The van der Waals surface area contributed by atoms with Crippen molar-refractivity contribution in [1.82, 2.24) is 0 Å². The summed E-state index contributed by atoms with van der Waals surface area (Å²) in [5, 5.41) is 0. The molecule has 4 heteroatoms. The molecule has 0 N–H and O–H groups in total.